The summed E-state index contributed by atoms with van der Waals surface area (Å²) in [4.78, 5) is 30.9. The van der Waals surface area contributed by atoms with Gasteiger partial charge < -0.3 is 9.88 Å². The molecule has 0 unspecified atom stereocenters. The zero-order valence-corrected chi connectivity index (χ0v) is 18.2. The van der Waals surface area contributed by atoms with Crippen LogP contribution in [0.1, 0.15) is 17.0 Å². The zero-order valence-electron chi connectivity index (χ0n) is 17.5. The number of nitrogens with zero attached hydrogens (tertiary/aromatic N) is 3. The molecule has 1 fully saturated rings. The number of nitrogens with one attached hydrogen (secondary N) is 1. The molecule has 0 spiro atoms. The molecule has 0 atom stereocenters. The predicted octanol–water partition coefficient (Wildman–Crippen LogP) is 5.39. The highest BCUT2D eigenvalue weighted by Gasteiger charge is 2.35. The SMILES string of the molecule is Cc1cc(/C=C2/NC(=O)N(c3cccc(Cl)c3)C2=O)c(C)n1-c1ccc2ncccc2c1. The van der Waals surface area contributed by atoms with Gasteiger partial charge in [-0.15, -0.1) is 0 Å². The quantitative estimate of drug-likeness (QED) is 0.341. The molecule has 4 aromatic rings. The summed E-state index contributed by atoms with van der Waals surface area (Å²) < 4.78 is 2.12. The molecule has 1 N–H and O–H groups in total. The molecule has 6 nitrogen and oxygen atoms in total. The zero-order chi connectivity index (χ0) is 22.4. The van der Waals surface area contributed by atoms with Crippen molar-refractivity contribution >= 4 is 46.2 Å². The summed E-state index contributed by atoms with van der Waals surface area (Å²) in [6.45, 7) is 4.00. The summed E-state index contributed by atoms with van der Waals surface area (Å²) in [5.74, 6) is -0.418. The van der Waals surface area contributed by atoms with E-state index >= 15 is 0 Å². The average Bonchev–Trinajstić information content (AvgIpc) is 3.21. The Morgan fingerprint density at radius 1 is 0.969 bits per heavy atom. The Hall–Kier alpha value is -3.90. The maximum absolute atomic E-state index is 13.0. The third kappa shape index (κ3) is 3.35. The van der Waals surface area contributed by atoms with E-state index in [-0.39, 0.29) is 5.70 Å². The van der Waals surface area contributed by atoms with E-state index in [0.717, 1.165) is 38.4 Å². The minimum absolute atomic E-state index is 0.220. The van der Waals surface area contributed by atoms with Gasteiger partial charge in [0.05, 0.1) is 11.2 Å². The van der Waals surface area contributed by atoms with Gasteiger partial charge in [0.25, 0.3) is 5.91 Å². The molecule has 0 bridgehead atoms. The van der Waals surface area contributed by atoms with Gasteiger partial charge >= 0.3 is 6.03 Å². The number of anilines is 1. The molecule has 32 heavy (non-hydrogen) atoms. The molecule has 1 aliphatic heterocycles. The Kier molecular flexibility index (Phi) is 4.79. The van der Waals surface area contributed by atoms with E-state index < -0.39 is 11.9 Å². The number of aromatic nitrogens is 2. The predicted molar refractivity (Wildman–Crippen MR) is 126 cm³/mol. The Labute approximate surface area is 189 Å². The molecule has 2 aromatic carbocycles. The number of carbonyl (C=O) groups is 2. The topological polar surface area (TPSA) is 67.2 Å². The molecule has 7 heteroatoms. The minimum Gasteiger partial charge on any atom is -0.318 e. The van der Waals surface area contributed by atoms with Gasteiger partial charge in [-0.05, 0) is 74.0 Å². The van der Waals surface area contributed by atoms with Crippen molar-refractivity contribution in [1.82, 2.24) is 14.9 Å². The van der Waals surface area contributed by atoms with Gasteiger partial charge in [-0.2, -0.15) is 0 Å². The second-order valence-corrected chi connectivity index (χ2v) is 8.09. The number of hydrogen-bond acceptors (Lipinski definition) is 3. The van der Waals surface area contributed by atoms with Crippen molar-refractivity contribution in [1.29, 1.82) is 0 Å². The number of benzene rings is 2. The molecule has 1 aliphatic rings. The van der Waals surface area contributed by atoms with Gasteiger partial charge in [-0.3, -0.25) is 9.78 Å². The Bertz CT molecular complexity index is 1440. The van der Waals surface area contributed by atoms with Crippen molar-refractivity contribution < 1.29 is 9.59 Å². The standard InChI is InChI=1S/C25H19ClN4O2/c1-15-11-18(16(2)29(15)21-8-9-22-17(12-21)5-4-10-27-22)13-23-24(31)30(25(32)28-23)20-7-3-6-19(26)14-20/h3-14H,1-2H3,(H,28,32)/b23-13+. The lowest BCUT2D eigenvalue weighted by Gasteiger charge is -2.11. The van der Waals surface area contributed by atoms with Crippen LogP contribution >= 0.6 is 11.6 Å². The molecule has 158 valence electrons. The maximum atomic E-state index is 13.0. The molecule has 2 aromatic heterocycles. The first-order valence-corrected chi connectivity index (χ1v) is 10.5. The lowest BCUT2D eigenvalue weighted by atomic mass is 10.2. The molecular weight excluding hydrogens is 424 g/mol. The monoisotopic (exact) mass is 442 g/mol. The van der Waals surface area contributed by atoms with Crippen molar-refractivity contribution in [3.05, 3.63) is 94.5 Å². The van der Waals surface area contributed by atoms with Crippen molar-refractivity contribution in [3.8, 4) is 5.69 Å². The number of rotatable bonds is 3. The highest BCUT2D eigenvalue weighted by Crippen LogP contribution is 2.28. The van der Waals surface area contributed by atoms with Gasteiger partial charge in [0.1, 0.15) is 5.70 Å². The second kappa shape index (κ2) is 7.66. The Morgan fingerprint density at radius 2 is 1.81 bits per heavy atom. The van der Waals surface area contributed by atoms with Crippen LogP contribution in [0.15, 0.2) is 72.6 Å². The summed E-state index contributed by atoms with van der Waals surface area (Å²) in [5, 5.41) is 4.18. The summed E-state index contributed by atoms with van der Waals surface area (Å²) in [6.07, 6.45) is 3.49. The van der Waals surface area contributed by atoms with Crippen LogP contribution in [0.5, 0.6) is 0 Å². The first-order chi connectivity index (χ1) is 15.4. The van der Waals surface area contributed by atoms with Gasteiger partial charge in [-0.25, -0.2) is 9.69 Å². The van der Waals surface area contributed by atoms with Gasteiger partial charge in [0.2, 0.25) is 0 Å². The van der Waals surface area contributed by atoms with E-state index in [9.17, 15) is 9.59 Å². The lowest BCUT2D eigenvalue weighted by Crippen LogP contribution is -2.30. The molecule has 0 radical (unpaired) electrons. The normalized spacial score (nSPS) is 15.1. The van der Waals surface area contributed by atoms with Crippen molar-refractivity contribution in [2.24, 2.45) is 0 Å². The highest BCUT2D eigenvalue weighted by atomic mass is 35.5. The molecule has 1 saturated heterocycles. The molecule has 0 saturated carbocycles. The Morgan fingerprint density at radius 3 is 2.62 bits per heavy atom. The number of carbonyl (C=O) groups excluding carboxylic acids is 2. The van der Waals surface area contributed by atoms with Crippen molar-refractivity contribution in [2.45, 2.75) is 13.8 Å². The fourth-order valence-corrected chi connectivity index (χ4v) is 4.26. The molecule has 3 heterocycles. The fraction of sp³-hybridized carbons (Fsp3) is 0.0800. The van der Waals surface area contributed by atoms with Crippen LogP contribution < -0.4 is 10.2 Å². The highest BCUT2D eigenvalue weighted by molar-refractivity contribution is 6.32. The van der Waals surface area contributed by atoms with Crippen molar-refractivity contribution in [2.75, 3.05) is 4.90 Å². The summed E-state index contributed by atoms with van der Waals surface area (Å²) >= 11 is 6.03. The molecule has 5 rings (SSSR count). The minimum atomic E-state index is -0.501. The van der Waals surface area contributed by atoms with E-state index in [1.165, 1.54) is 0 Å². The van der Waals surface area contributed by atoms with Crippen LogP contribution in [0.2, 0.25) is 5.02 Å². The molecule has 3 amide bonds. The van der Waals surface area contributed by atoms with E-state index in [0.29, 0.717) is 10.7 Å². The Balaban J connectivity index is 1.52. The van der Waals surface area contributed by atoms with E-state index in [1.807, 2.05) is 44.2 Å². The van der Waals surface area contributed by atoms with Crippen LogP contribution in [0, 0.1) is 13.8 Å². The number of amides is 3. The van der Waals surface area contributed by atoms with E-state index in [4.69, 9.17) is 11.6 Å². The summed E-state index contributed by atoms with van der Waals surface area (Å²) in [6, 6.07) is 18.2. The smallest absolute Gasteiger partial charge is 0.318 e. The van der Waals surface area contributed by atoms with Crippen LogP contribution in [0.4, 0.5) is 10.5 Å². The number of urea groups is 1. The first kappa shape index (κ1) is 20.0. The van der Waals surface area contributed by atoms with Crippen LogP contribution in [-0.2, 0) is 4.79 Å². The lowest BCUT2D eigenvalue weighted by molar-refractivity contribution is -0.113. The summed E-state index contributed by atoms with van der Waals surface area (Å²) in [7, 11) is 0. The largest absolute Gasteiger partial charge is 0.333 e. The van der Waals surface area contributed by atoms with E-state index in [1.54, 1.807) is 36.5 Å². The van der Waals surface area contributed by atoms with Crippen molar-refractivity contribution in [3.63, 3.8) is 0 Å². The number of aryl methyl sites for hydroxylation is 1. The third-order valence-corrected chi connectivity index (χ3v) is 5.79. The first-order valence-electron chi connectivity index (χ1n) is 10.1. The summed E-state index contributed by atoms with van der Waals surface area (Å²) in [5.41, 5.74) is 5.42. The second-order valence-electron chi connectivity index (χ2n) is 7.65. The van der Waals surface area contributed by atoms with E-state index in [2.05, 4.69) is 20.9 Å². The number of hydrogen-bond donors (Lipinski definition) is 1. The molecular formula is C25H19ClN4O2. The third-order valence-electron chi connectivity index (χ3n) is 5.56. The van der Waals surface area contributed by atoms with Crippen LogP contribution in [0.25, 0.3) is 22.7 Å². The number of imide groups is 1. The number of pyridine rings is 1. The van der Waals surface area contributed by atoms with Crippen LogP contribution in [0.3, 0.4) is 0 Å². The van der Waals surface area contributed by atoms with Gasteiger partial charge in [0, 0.05) is 33.7 Å². The maximum Gasteiger partial charge on any atom is 0.333 e. The van der Waals surface area contributed by atoms with Gasteiger partial charge in [0.15, 0.2) is 0 Å². The molecule has 0 aliphatic carbocycles. The van der Waals surface area contributed by atoms with Gasteiger partial charge in [-0.1, -0.05) is 23.7 Å². The fourth-order valence-electron chi connectivity index (χ4n) is 4.07. The van der Waals surface area contributed by atoms with Crippen LogP contribution in [-0.4, -0.2) is 21.5 Å². The average molecular weight is 443 g/mol. The number of halogens is 1. The number of fused-ring (bicyclic) bond motifs is 1.